The average Bonchev–Trinajstić information content (AvgIpc) is 3.10. The second kappa shape index (κ2) is 6.96. The Bertz CT molecular complexity index is 917. The Morgan fingerprint density at radius 2 is 2.00 bits per heavy atom. The van der Waals surface area contributed by atoms with Gasteiger partial charge in [-0.05, 0) is 51.0 Å². The normalized spacial score (nSPS) is 14.0. The van der Waals surface area contributed by atoms with Crippen LogP contribution < -0.4 is 10.2 Å². The number of carbonyl (C=O) groups excluding carboxylic acids is 3. The highest BCUT2D eigenvalue weighted by Crippen LogP contribution is 2.32. The van der Waals surface area contributed by atoms with E-state index in [0.717, 1.165) is 6.42 Å². The number of aromatic amines is 1. The first-order valence-corrected chi connectivity index (χ1v) is 8.78. The van der Waals surface area contributed by atoms with Gasteiger partial charge in [0.15, 0.2) is 5.78 Å². The van der Waals surface area contributed by atoms with Crippen molar-refractivity contribution in [2.45, 2.75) is 33.6 Å². The highest BCUT2D eigenvalue weighted by Gasteiger charge is 2.24. The summed E-state index contributed by atoms with van der Waals surface area (Å²) in [5.41, 5.74) is 3.35. The molecule has 1 saturated heterocycles. The molecule has 0 radical (unpaired) electrons. The van der Waals surface area contributed by atoms with Gasteiger partial charge in [-0.1, -0.05) is 11.6 Å². The van der Waals surface area contributed by atoms with Crippen LogP contribution in [-0.4, -0.2) is 29.1 Å². The van der Waals surface area contributed by atoms with Crippen LogP contribution in [0, 0.1) is 13.8 Å². The monoisotopic (exact) mass is 373 g/mol. The van der Waals surface area contributed by atoms with Gasteiger partial charge < -0.3 is 15.2 Å². The molecular weight excluding hydrogens is 354 g/mol. The second-order valence-electron chi connectivity index (χ2n) is 6.45. The highest BCUT2D eigenvalue weighted by molar-refractivity contribution is 6.34. The van der Waals surface area contributed by atoms with Crippen molar-refractivity contribution >= 4 is 40.6 Å². The van der Waals surface area contributed by atoms with Gasteiger partial charge in [0.05, 0.1) is 10.7 Å². The molecule has 0 spiro atoms. The Kier molecular flexibility index (Phi) is 4.87. The van der Waals surface area contributed by atoms with Crippen LogP contribution in [0.1, 0.15) is 51.9 Å². The quantitative estimate of drug-likeness (QED) is 0.798. The maximum absolute atomic E-state index is 12.6. The predicted octanol–water partition coefficient (Wildman–Crippen LogP) is 3.87. The molecular formula is C19H20ClN3O3. The summed E-state index contributed by atoms with van der Waals surface area (Å²) in [5, 5.41) is 3.18. The summed E-state index contributed by atoms with van der Waals surface area (Å²) in [6, 6.07) is 5.06. The van der Waals surface area contributed by atoms with Crippen molar-refractivity contribution < 1.29 is 14.4 Å². The molecule has 1 aliphatic heterocycles. The van der Waals surface area contributed by atoms with Crippen LogP contribution in [0.15, 0.2) is 18.2 Å². The third kappa shape index (κ3) is 3.24. The molecule has 0 bridgehead atoms. The number of H-pyrrole nitrogens is 1. The highest BCUT2D eigenvalue weighted by atomic mass is 35.5. The van der Waals surface area contributed by atoms with Crippen molar-refractivity contribution in [1.29, 1.82) is 0 Å². The number of aromatic nitrogens is 1. The van der Waals surface area contributed by atoms with Crippen molar-refractivity contribution in [3.63, 3.8) is 0 Å². The lowest BCUT2D eigenvalue weighted by Crippen LogP contribution is -2.24. The van der Waals surface area contributed by atoms with E-state index in [0.29, 0.717) is 51.9 Å². The number of halogens is 1. The molecule has 2 aromatic rings. The molecule has 1 aliphatic rings. The third-order valence-electron chi connectivity index (χ3n) is 4.59. The van der Waals surface area contributed by atoms with Crippen LogP contribution >= 0.6 is 11.6 Å². The minimum Gasteiger partial charge on any atom is -0.354 e. The van der Waals surface area contributed by atoms with Crippen molar-refractivity contribution in [3.8, 4) is 0 Å². The molecule has 0 aliphatic carbocycles. The summed E-state index contributed by atoms with van der Waals surface area (Å²) < 4.78 is 0. The molecule has 136 valence electrons. The van der Waals surface area contributed by atoms with Crippen LogP contribution in [0.5, 0.6) is 0 Å². The molecule has 1 aromatic carbocycles. The zero-order valence-corrected chi connectivity index (χ0v) is 15.7. The summed E-state index contributed by atoms with van der Waals surface area (Å²) in [6.07, 6.45) is 1.34. The maximum Gasteiger partial charge on any atom is 0.272 e. The Labute approximate surface area is 156 Å². The molecule has 2 heterocycles. The van der Waals surface area contributed by atoms with Crippen molar-refractivity contribution in [2.75, 3.05) is 16.8 Å². The van der Waals surface area contributed by atoms with Gasteiger partial charge in [-0.15, -0.1) is 0 Å². The van der Waals surface area contributed by atoms with Crippen LogP contribution in [0.3, 0.4) is 0 Å². The van der Waals surface area contributed by atoms with Gasteiger partial charge in [0.25, 0.3) is 5.91 Å². The third-order valence-corrected chi connectivity index (χ3v) is 4.89. The largest absolute Gasteiger partial charge is 0.354 e. The van der Waals surface area contributed by atoms with E-state index in [1.54, 1.807) is 36.9 Å². The first kappa shape index (κ1) is 18.2. The number of hydrogen-bond acceptors (Lipinski definition) is 3. The molecule has 26 heavy (non-hydrogen) atoms. The summed E-state index contributed by atoms with van der Waals surface area (Å²) >= 11 is 6.31. The van der Waals surface area contributed by atoms with E-state index in [2.05, 4.69) is 10.3 Å². The SMILES string of the molecule is CC(=O)c1c(C)[nH]c(C(=O)Nc2ccc(N3CCCC3=O)c(Cl)c2)c1C. The smallest absolute Gasteiger partial charge is 0.272 e. The minimum atomic E-state index is -0.348. The van der Waals surface area contributed by atoms with E-state index in [1.807, 2.05) is 0 Å². The zero-order chi connectivity index (χ0) is 19.0. The fraction of sp³-hybridized carbons (Fsp3) is 0.316. The van der Waals surface area contributed by atoms with Crippen molar-refractivity contribution in [2.24, 2.45) is 0 Å². The van der Waals surface area contributed by atoms with Crippen molar-refractivity contribution in [3.05, 3.63) is 45.7 Å². The molecule has 3 rings (SSSR count). The molecule has 1 fully saturated rings. The van der Waals surface area contributed by atoms with Crippen LogP contribution in [-0.2, 0) is 4.79 Å². The van der Waals surface area contributed by atoms with E-state index >= 15 is 0 Å². The van der Waals surface area contributed by atoms with Gasteiger partial charge >= 0.3 is 0 Å². The van der Waals surface area contributed by atoms with Gasteiger partial charge in [0.1, 0.15) is 5.69 Å². The number of benzene rings is 1. The first-order valence-electron chi connectivity index (χ1n) is 8.41. The number of rotatable bonds is 4. The van der Waals surface area contributed by atoms with E-state index < -0.39 is 0 Å². The van der Waals surface area contributed by atoms with Crippen LogP contribution in [0.2, 0.25) is 5.02 Å². The topological polar surface area (TPSA) is 82.3 Å². The number of ketones is 1. The second-order valence-corrected chi connectivity index (χ2v) is 6.86. The van der Waals surface area contributed by atoms with Crippen LogP contribution in [0.4, 0.5) is 11.4 Å². The number of hydrogen-bond donors (Lipinski definition) is 2. The Hall–Kier alpha value is -2.60. The van der Waals surface area contributed by atoms with Gasteiger partial charge in [-0.25, -0.2) is 0 Å². The fourth-order valence-electron chi connectivity index (χ4n) is 3.41. The number of carbonyl (C=O) groups is 3. The molecule has 1 aromatic heterocycles. The predicted molar refractivity (Wildman–Crippen MR) is 101 cm³/mol. The Morgan fingerprint density at radius 3 is 2.54 bits per heavy atom. The van der Waals surface area contributed by atoms with Gasteiger partial charge in [0, 0.05) is 29.9 Å². The minimum absolute atomic E-state index is 0.0536. The number of nitrogens with one attached hydrogen (secondary N) is 2. The number of nitrogens with zero attached hydrogens (tertiary/aromatic N) is 1. The summed E-state index contributed by atoms with van der Waals surface area (Å²) in [7, 11) is 0. The van der Waals surface area contributed by atoms with E-state index in [-0.39, 0.29) is 17.6 Å². The number of anilines is 2. The van der Waals surface area contributed by atoms with Crippen LogP contribution in [0.25, 0.3) is 0 Å². The number of Topliss-reactive ketones (excluding diaryl/α,β-unsaturated/α-hetero) is 1. The molecule has 2 amide bonds. The van der Waals surface area contributed by atoms with E-state index in [1.165, 1.54) is 6.92 Å². The van der Waals surface area contributed by atoms with E-state index in [9.17, 15) is 14.4 Å². The van der Waals surface area contributed by atoms with Gasteiger partial charge in [-0.2, -0.15) is 0 Å². The molecule has 0 atom stereocenters. The standard InChI is InChI=1S/C19H20ClN3O3/c1-10-17(12(3)24)11(2)21-18(10)19(26)22-13-6-7-15(14(20)9-13)23-8-4-5-16(23)25/h6-7,9,21H,4-5,8H2,1-3H3,(H,22,26). The Morgan fingerprint density at radius 1 is 1.27 bits per heavy atom. The average molecular weight is 374 g/mol. The lowest BCUT2D eigenvalue weighted by Gasteiger charge is -2.18. The summed E-state index contributed by atoms with van der Waals surface area (Å²) in [4.78, 5) is 40.8. The molecule has 6 nitrogen and oxygen atoms in total. The number of amides is 2. The molecule has 0 saturated carbocycles. The van der Waals surface area contributed by atoms with E-state index in [4.69, 9.17) is 11.6 Å². The van der Waals surface area contributed by atoms with Crippen molar-refractivity contribution in [1.82, 2.24) is 4.98 Å². The maximum atomic E-state index is 12.6. The lowest BCUT2D eigenvalue weighted by atomic mass is 10.1. The van der Waals surface area contributed by atoms with Gasteiger partial charge in [0.2, 0.25) is 5.91 Å². The lowest BCUT2D eigenvalue weighted by molar-refractivity contribution is -0.117. The fourth-order valence-corrected chi connectivity index (χ4v) is 3.69. The Balaban J connectivity index is 1.82. The van der Waals surface area contributed by atoms with Gasteiger partial charge in [-0.3, -0.25) is 14.4 Å². The molecule has 0 unspecified atom stereocenters. The summed E-state index contributed by atoms with van der Waals surface area (Å²) in [5.74, 6) is -0.380. The molecule has 7 heteroatoms. The molecule has 2 N–H and O–H groups in total. The first-order chi connectivity index (χ1) is 12.3. The number of aryl methyl sites for hydroxylation is 1. The zero-order valence-electron chi connectivity index (χ0n) is 14.9. The summed E-state index contributed by atoms with van der Waals surface area (Å²) in [6.45, 7) is 5.63.